The molecule has 0 bridgehead atoms. The zero-order chi connectivity index (χ0) is 12.6. The summed E-state index contributed by atoms with van der Waals surface area (Å²) in [5.41, 5.74) is 6.67. The van der Waals surface area contributed by atoms with Crippen LogP contribution in [0.4, 0.5) is 5.69 Å². The molecule has 2 atom stereocenters. The van der Waals surface area contributed by atoms with Gasteiger partial charge in [-0.25, -0.2) is 0 Å². The summed E-state index contributed by atoms with van der Waals surface area (Å²) in [5, 5.41) is 0.365. The Balaban J connectivity index is 2.24. The van der Waals surface area contributed by atoms with Crippen molar-refractivity contribution in [1.29, 1.82) is 0 Å². The first-order valence-corrected chi connectivity index (χ1v) is 6.21. The van der Waals surface area contributed by atoms with Gasteiger partial charge in [-0.3, -0.25) is 4.79 Å². The van der Waals surface area contributed by atoms with Crippen molar-refractivity contribution in [3.8, 4) is 0 Å². The van der Waals surface area contributed by atoms with E-state index in [9.17, 15) is 4.79 Å². The largest absolute Gasteiger partial charge is 0.398 e. The Hall–Kier alpha value is -1.22. The van der Waals surface area contributed by atoms with Gasteiger partial charge in [0.15, 0.2) is 0 Å². The van der Waals surface area contributed by atoms with Crippen LogP contribution in [0.15, 0.2) is 18.2 Å². The van der Waals surface area contributed by atoms with E-state index in [0.717, 1.165) is 13.1 Å². The number of benzene rings is 1. The van der Waals surface area contributed by atoms with Crippen LogP contribution in [0.3, 0.4) is 0 Å². The number of carbonyl (C=O) groups excluding carboxylic acids is 1. The van der Waals surface area contributed by atoms with Crippen LogP contribution in [0.5, 0.6) is 0 Å². The standard InChI is InChI=1S/C13H17ClN2O/c1-8-6-16(7-9(8)2)13(17)10-4-3-5-11(15)12(10)14/h3-5,8-9H,6-7,15H2,1-2H3. The van der Waals surface area contributed by atoms with Crippen molar-refractivity contribution in [3.63, 3.8) is 0 Å². The minimum Gasteiger partial charge on any atom is -0.398 e. The molecule has 1 aromatic rings. The molecule has 0 aliphatic carbocycles. The van der Waals surface area contributed by atoms with Crippen LogP contribution in [0.2, 0.25) is 5.02 Å². The topological polar surface area (TPSA) is 46.3 Å². The van der Waals surface area contributed by atoms with Crippen molar-refractivity contribution >= 4 is 23.2 Å². The molecule has 1 aliphatic heterocycles. The van der Waals surface area contributed by atoms with Gasteiger partial charge in [0.1, 0.15) is 0 Å². The predicted molar refractivity (Wildman–Crippen MR) is 70.1 cm³/mol. The third-order valence-corrected chi connectivity index (χ3v) is 3.96. The van der Waals surface area contributed by atoms with Crippen LogP contribution < -0.4 is 5.73 Å². The average molecular weight is 253 g/mol. The smallest absolute Gasteiger partial charge is 0.255 e. The molecule has 4 heteroatoms. The minimum absolute atomic E-state index is 0.0153. The lowest BCUT2D eigenvalue weighted by molar-refractivity contribution is 0.0785. The van der Waals surface area contributed by atoms with Crippen LogP contribution in [0.1, 0.15) is 24.2 Å². The highest BCUT2D eigenvalue weighted by atomic mass is 35.5. The summed E-state index contributed by atoms with van der Waals surface area (Å²) in [6.07, 6.45) is 0. The van der Waals surface area contributed by atoms with Crippen molar-refractivity contribution in [1.82, 2.24) is 4.90 Å². The van der Waals surface area contributed by atoms with Crippen LogP contribution >= 0.6 is 11.6 Å². The quantitative estimate of drug-likeness (QED) is 0.781. The summed E-state index contributed by atoms with van der Waals surface area (Å²) in [5.74, 6) is 1.07. The number of nitrogen functional groups attached to an aromatic ring is 1. The summed E-state index contributed by atoms with van der Waals surface area (Å²) >= 11 is 6.07. The maximum Gasteiger partial charge on any atom is 0.255 e. The van der Waals surface area contributed by atoms with Crippen molar-refractivity contribution in [2.75, 3.05) is 18.8 Å². The maximum atomic E-state index is 12.3. The third kappa shape index (κ3) is 2.25. The number of rotatable bonds is 1. The minimum atomic E-state index is -0.0153. The number of likely N-dealkylation sites (tertiary alicyclic amines) is 1. The molecule has 1 aliphatic rings. The average Bonchev–Trinajstić information content (AvgIpc) is 2.62. The third-order valence-electron chi connectivity index (χ3n) is 3.53. The molecule has 17 heavy (non-hydrogen) atoms. The van der Waals surface area contributed by atoms with Crippen molar-refractivity contribution in [3.05, 3.63) is 28.8 Å². The van der Waals surface area contributed by atoms with E-state index in [-0.39, 0.29) is 5.91 Å². The van der Waals surface area contributed by atoms with E-state index >= 15 is 0 Å². The molecule has 0 aromatic heterocycles. The summed E-state index contributed by atoms with van der Waals surface area (Å²) in [4.78, 5) is 14.2. The number of carbonyl (C=O) groups is 1. The Kier molecular flexibility index (Phi) is 3.29. The molecule has 1 aromatic carbocycles. The fourth-order valence-corrected chi connectivity index (χ4v) is 2.39. The Morgan fingerprint density at radius 2 is 1.94 bits per heavy atom. The number of anilines is 1. The van der Waals surface area contributed by atoms with E-state index in [1.54, 1.807) is 18.2 Å². The zero-order valence-corrected chi connectivity index (χ0v) is 10.9. The Labute approximate surface area is 107 Å². The second-order valence-corrected chi connectivity index (χ2v) is 5.25. The molecule has 0 saturated carbocycles. The van der Waals surface area contributed by atoms with Gasteiger partial charge in [0.2, 0.25) is 0 Å². The van der Waals surface area contributed by atoms with Gasteiger partial charge in [-0.05, 0) is 24.0 Å². The van der Waals surface area contributed by atoms with Crippen LogP contribution in [0.25, 0.3) is 0 Å². The van der Waals surface area contributed by atoms with Crippen LogP contribution in [-0.4, -0.2) is 23.9 Å². The first-order chi connectivity index (χ1) is 8.00. The van der Waals surface area contributed by atoms with E-state index in [2.05, 4.69) is 13.8 Å². The molecule has 0 radical (unpaired) electrons. The molecule has 2 rings (SSSR count). The number of nitrogens with zero attached hydrogens (tertiary/aromatic N) is 1. The Morgan fingerprint density at radius 1 is 1.35 bits per heavy atom. The molecule has 0 spiro atoms. The molecular weight excluding hydrogens is 236 g/mol. The molecule has 2 N–H and O–H groups in total. The summed E-state index contributed by atoms with van der Waals surface area (Å²) in [7, 11) is 0. The van der Waals surface area contributed by atoms with Gasteiger partial charge in [0.25, 0.3) is 5.91 Å². The van der Waals surface area contributed by atoms with Gasteiger partial charge in [-0.1, -0.05) is 31.5 Å². The van der Waals surface area contributed by atoms with Crippen LogP contribution in [0, 0.1) is 11.8 Å². The monoisotopic (exact) mass is 252 g/mol. The number of amides is 1. The van der Waals surface area contributed by atoms with E-state index in [1.165, 1.54) is 0 Å². The van der Waals surface area contributed by atoms with Crippen molar-refractivity contribution in [2.24, 2.45) is 11.8 Å². The van der Waals surface area contributed by atoms with Gasteiger partial charge >= 0.3 is 0 Å². The predicted octanol–water partition coefficient (Wildman–Crippen LogP) is 2.65. The maximum absolute atomic E-state index is 12.3. The second kappa shape index (κ2) is 4.57. The number of hydrogen-bond donors (Lipinski definition) is 1. The van der Waals surface area contributed by atoms with E-state index in [1.807, 2.05) is 4.90 Å². The zero-order valence-electron chi connectivity index (χ0n) is 10.1. The fourth-order valence-electron chi connectivity index (χ4n) is 2.18. The first kappa shape index (κ1) is 12.2. The molecule has 1 saturated heterocycles. The van der Waals surface area contributed by atoms with Gasteiger partial charge in [0, 0.05) is 13.1 Å². The van der Waals surface area contributed by atoms with Crippen LogP contribution in [-0.2, 0) is 0 Å². The van der Waals surface area contributed by atoms with E-state index in [4.69, 9.17) is 17.3 Å². The molecule has 1 amide bonds. The normalized spacial score (nSPS) is 24.1. The highest BCUT2D eigenvalue weighted by molar-refractivity contribution is 6.36. The fraction of sp³-hybridized carbons (Fsp3) is 0.462. The molecule has 1 heterocycles. The lowest BCUT2D eigenvalue weighted by atomic mass is 10.0. The Morgan fingerprint density at radius 3 is 2.53 bits per heavy atom. The molecular formula is C13H17ClN2O. The number of halogens is 1. The highest BCUT2D eigenvalue weighted by Crippen LogP contribution is 2.28. The second-order valence-electron chi connectivity index (χ2n) is 4.87. The molecule has 2 unspecified atom stereocenters. The summed E-state index contributed by atoms with van der Waals surface area (Å²) in [6, 6.07) is 5.19. The van der Waals surface area contributed by atoms with Crippen molar-refractivity contribution in [2.45, 2.75) is 13.8 Å². The lowest BCUT2D eigenvalue weighted by Gasteiger charge is -2.17. The van der Waals surface area contributed by atoms with Crippen molar-refractivity contribution < 1.29 is 4.79 Å². The SMILES string of the molecule is CC1CN(C(=O)c2cccc(N)c2Cl)CC1C. The van der Waals surface area contributed by atoms with E-state index in [0.29, 0.717) is 28.1 Å². The number of nitrogens with two attached hydrogens (primary N) is 1. The Bertz CT molecular complexity index is 437. The highest BCUT2D eigenvalue weighted by Gasteiger charge is 2.30. The number of hydrogen-bond acceptors (Lipinski definition) is 2. The first-order valence-electron chi connectivity index (χ1n) is 5.84. The van der Waals surface area contributed by atoms with Gasteiger partial charge in [-0.15, -0.1) is 0 Å². The summed E-state index contributed by atoms with van der Waals surface area (Å²) in [6.45, 7) is 5.92. The summed E-state index contributed by atoms with van der Waals surface area (Å²) < 4.78 is 0. The van der Waals surface area contributed by atoms with Gasteiger partial charge in [0.05, 0.1) is 16.3 Å². The lowest BCUT2D eigenvalue weighted by Crippen LogP contribution is -2.29. The molecule has 92 valence electrons. The molecule has 1 fully saturated rings. The van der Waals surface area contributed by atoms with E-state index < -0.39 is 0 Å². The molecule has 3 nitrogen and oxygen atoms in total. The van der Waals surface area contributed by atoms with Gasteiger partial charge in [-0.2, -0.15) is 0 Å². The van der Waals surface area contributed by atoms with Gasteiger partial charge < -0.3 is 10.6 Å².